The van der Waals surface area contributed by atoms with E-state index in [1.54, 1.807) is 23.5 Å². The van der Waals surface area contributed by atoms with E-state index in [4.69, 9.17) is 14.2 Å². The summed E-state index contributed by atoms with van der Waals surface area (Å²) >= 11 is 1.77. The highest BCUT2D eigenvalue weighted by molar-refractivity contribution is 7.10. The van der Waals surface area contributed by atoms with E-state index < -0.39 is 0 Å². The second-order valence-corrected chi connectivity index (χ2v) is 6.95. The molecule has 140 valence electrons. The number of rotatable bonds is 7. The van der Waals surface area contributed by atoms with E-state index in [1.165, 1.54) is 10.4 Å². The van der Waals surface area contributed by atoms with E-state index in [1.807, 2.05) is 25.7 Å². The van der Waals surface area contributed by atoms with Crippen LogP contribution < -0.4 is 14.2 Å². The minimum atomic E-state index is -0.00759. The largest absolute Gasteiger partial charge is 0.490 e. The zero-order valence-corrected chi connectivity index (χ0v) is 16.4. The van der Waals surface area contributed by atoms with Crippen LogP contribution in [0.3, 0.4) is 0 Å². The SMILES string of the molecule is CCOc1cc(C(=O)N2CCc3sccc3C2)cc(OCC)c1OCC. The van der Waals surface area contributed by atoms with Crippen molar-refractivity contribution in [3.05, 3.63) is 39.6 Å². The Kier molecular flexibility index (Phi) is 6.04. The standard InChI is InChI=1S/C20H25NO4S/c1-4-23-16-11-15(12-17(24-5-2)19(16)25-6-3)20(22)21-9-7-18-14(13-21)8-10-26-18/h8,10-12H,4-7,9,13H2,1-3H3. The van der Waals surface area contributed by atoms with Crippen LogP contribution in [0.25, 0.3) is 0 Å². The smallest absolute Gasteiger partial charge is 0.254 e. The van der Waals surface area contributed by atoms with E-state index >= 15 is 0 Å². The third-order valence-electron chi connectivity index (χ3n) is 4.25. The first-order valence-corrected chi connectivity index (χ1v) is 9.96. The molecule has 0 aliphatic carbocycles. The maximum Gasteiger partial charge on any atom is 0.254 e. The van der Waals surface area contributed by atoms with Gasteiger partial charge in [-0.3, -0.25) is 4.79 Å². The number of carbonyl (C=O) groups is 1. The van der Waals surface area contributed by atoms with E-state index in [2.05, 4.69) is 11.4 Å². The van der Waals surface area contributed by atoms with E-state index in [-0.39, 0.29) is 5.91 Å². The molecule has 1 aromatic heterocycles. The van der Waals surface area contributed by atoms with Crippen LogP contribution in [-0.2, 0) is 13.0 Å². The van der Waals surface area contributed by atoms with Gasteiger partial charge in [0.05, 0.1) is 19.8 Å². The molecule has 0 bridgehead atoms. The van der Waals surface area contributed by atoms with Crippen LogP contribution in [-0.4, -0.2) is 37.2 Å². The second-order valence-electron chi connectivity index (χ2n) is 5.95. The van der Waals surface area contributed by atoms with Gasteiger partial charge < -0.3 is 19.1 Å². The van der Waals surface area contributed by atoms with Gasteiger partial charge >= 0.3 is 0 Å². The molecule has 2 aromatic rings. The summed E-state index contributed by atoms with van der Waals surface area (Å²) in [6.07, 6.45) is 0.909. The van der Waals surface area contributed by atoms with Crippen molar-refractivity contribution in [2.75, 3.05) is 26.4 Å². The highest BCUT2D eigenvalue weighted by Gasteiger charge is 2.25. The highest BCUT2D eigenvalue weighted by Crippen LogP contribution is 2.39. The van der Waals surface area contributed by atoms with Gasteiger partial charge in [0.2, 0.25) is 5.75 Å². The van der Waals surface area contributed by atoms with Gasteiger partial charge in [-0.1, -0.05) is 0 Å². The number of benzene rings is 1. The van der Waals surface area contributed by atoms with Gasteiger partial charge in [0, 0.05) is 23.5 Å². The number of amides is 1. The summed E-state index contributed by atoms with van der Waals surface area (Å²) in [4.78, 5) is 16.4. The van der Waals surface area contributed by atoms with Crippen LogP contribution >= 0.6 is 11.3 Å². The maximum absolute atomic E-state index is 13.1. The average molecular weight is 375 g/mol. The van der Waals surface area contributed by atoms with Gasteiger partial charge in [-0.15, -0.1) is 11.3 Å². The fourth-order valence-corrected chi connectivity index (χ4v) is 4.01. The number of ether oxygens (including phenoxy) is 3. The molecule has 3 rings (SSSR count). The summed E-state index contributed by atoms with van der Waals surface area (Å²) in [5.74, 6) is 1.66. The lowest BCUT2D eigenvalue weighted by molar-refractivity contribution is 0.0734. The lowest BCUT2D eigenvalue weighted by atomic mass is 10.1. The Bertz CT molecular complexity index is 744. The van der Waals surface area contributed by atoms with Crippen LogP contribution in [0.1, 0.15) is 41.6 Å². The number of nitrogens with zero attached hydrogens (tertiary/aromatic N) is 1. The van der Waals surface area contributed by atoms with E-state index in [0.717, 1.165) is 13.0 Å². The summed E-state index contributed by atoms with van der Waals surface area (Å²) in [5.41, 5.74) is 1.81. The molecule has 0 saturated carbocycles. The minimum absolute atomic E-state index is 0.00759. The summed E-state index contributed by atoms with van der Waals surface area (Å²) in [6, 6.07) is 5.64. The molecule has 0 unspecified atom stereocenters. The summed E-state index contributed by atoms with van der Waals surface area (Å²) in [6.45, 7) is 8.60. The Labute approximate surface area is 158 Å². The molecule has 1 amide bonds. The Morgan fingerprint density at radius 1 is 1.08 bits per heavy atom. The minimum Gasteiger partial charge on any atom is -0.490 e. The Morgan fingerprint density at radius 2 is 1.73 bits per heavy atom. The van der Waals surface area contributed by atoms with Crippen LogP contribution in [0, 0.1) is 0 Å². The van der Waals surface area contributed by atoms with Gasteiger partial charge in [-0.25, -0.2) is 0 Å². The molecule has 0 fully saturated rings. The maximum atomic E-state index is 13.1. The van der Waals surface area contributed by atoms with Crippen molar-refractivity contribution in [2.24, 2.45) is 0 Å². The van der Waals surface area contributed by atoms with Crippen molar-refractivity contribution >= 4 is 17.2 Å². The lowest BCUT2D eigenvalue weighted by Gasteiger charge is -2.27. The lowest BCUT2D eigenvalue weighted by Crippen LogP contribution is -2.35. The number of carbonyl (C=O) groups excluding carboxylic acids is 1. The van der Waals surface area contributed by atoms with Crippen LogP contribution in [0.4, 0.5) is 0 Å². The van der Waals surface area contributed by atoms with Gasteiger partial charge in [0.15, 0.2) is 11.5 Å². The molecule has 2 heterocycles. The Morgan fingerprint density at radius 3 is 2.35 bits per heavy atom. The molecule has 0 spiro atoms. The number of fused-ring (bicyclic) bond motifs is 1. The van der Waals surface area contributed by atoms with Crippen LogP contribution in [0.5, 0.6) is 17.2 Å². The third kappa shape index (κ3) is 3.80. The predicted octanol–water partition coefficient (Wildman–Crippen LogP) is 4.14. The zero-order chi connectivity index (χ0) is 18.5. The van der Waals surface area contributed by atoms with Crippen molar-refractivity contribution in [3.8, 4) is 17.2 Å². The van der Waals surface area contributed by atoms with Crippen molar-refractivity contribution in [1.29, 1.82) is 0 Å². The number of hydrogen-bond donors (Lipinski definition) is 0. The Hall–Kier alpha value is -2.21. The summed E-state index contributed by atoms with van der Waals surface area (Å²) in [7, 11) is 0. The number of hydrogen-bond acceptors (Lipinski definition) is 5. The quantitative estimate of drug-likeness (QED) is 0.730. The first-order valence-electron chi connectivity index (χ1n) is 9.08. The van der Waals surface area contributed by atoms with Crippen molar-refractivity contribution in [3.63, 3.8) is 0 Å². The van der Waals surface area contributed by atoms with Crippen molar-refractivity contribution < 1.29 is 19.0 Å². The average Bonchev–Trinajstić information content (AvgIpc) is 3.11. The molecular formula is C20H25NO4S. The van der Waals surface area contributed by atoms with Gasteiger partial charge in [-0.05, 0) is 56.3 Å². The first kappa shape index (κ1) is 18.6. The van der Waals surface area contributed by atoms with Crippen molar-refractivity contribution in [2.45, 2.75) is 33.7 Å². The Balaban J connectivity index is 1.92. The summed E-state index contributed by atoms with van der Waals surface area (Å²) in [5, 5.41) is 2.09. The summed E-state index contributed by atoms with van der Waals surface area (Å²) < 4.78 is 17.2. The third-order valence-corrected chi connectivity index (χ3v) is 5.27. The molecule has 6 heteroatoms. The van der Waals surface area contributed by atoms with Gasteiger partial charge in [0.25, 0.3) is 5.91 Å². The fourth-order valence-electron chi connectivity index (χ4n) is 3.12. The first-order chi connectivity index (χ1) is 12.7. The zero-order valence-electron chi connectivity index (χ0n) is 15.5. The molecule has 1 aliphatic heterocycles. The van der Waals surface area contributed by atoms with Crippen molar-refractivity contribution in [1.82, 2.24) is 4.90 Å². The molecule has 0 saturated heterocycles. The molecule has 5 nitrogen and oxygen atoms in total. The van der Waals surface area contributed by atoms with E-state index in [9.17, 15) is 4.79 Å². The normalized spacial score (nSPS) is 13.3. The molecule has 1 aromatic carbocycles. The van der Waals surface area contributed by atoms with Crippen LogP contribution in [0.2, 0.25) is 0 Å². The molecule has 0 atom stereocenters. The molecule has 0 radical (unpaired) electrons. The van der Waals surface area contributed by atoms with Gasteiger partial charge in [-0.2, -0.15) is 0 Å². The van der Waals surface area contributed by atoms with E-state index in [0.29, 0.717) is 49.2 Å². The highest BCUT2D eigenvalue weighted by atomic mass is 32.1. The van der Waals surface area contributed by atoms with Gasteiger partial charge in [0.1, 0.15) is 0 Å². The molecular weight excluding hydrogens is 350 g/mol. The topological polar surface area (TPSA) is 48.0 Å². The second kappa shape index (κ2) is 8.45. The molecule has 1 aliphatic rings. The predicted molar refractivity (Wildman–Crippen MR) is 103 cm³/mol. The van der Waals surface area contributed by atoms with Crippen LogP contribution in [0.15, 0.2) is 23.6 Å². The monoisotopic (exact) mass is 375 g/mol. The number of thiophene rings is 1. The molecule has 26 heavy (non-hydrogen) atoms. The fraction of sp³-hybridized carbons (Fsp3) is 0.450. The molecule has 0 N–H and O–H groups in total.